The van der Waals surface area contributed by atoms with Crippen molar-refractivity contribution in [2.24, 2.45) is 0 Å². The molecule has 21 heavy (non-hydrogen) atoms. The monoisotopic (exact) mass is 310 g/mol. The first-order valence-electron chi connectivity index (χ1n) is 7.47. The maximum absolute atomic E-state index is 10.1. The summed E-state index contributed by atoms with van der Waals surface area (Å²) in [5, 5.41) is 10.1. The number of rotatable bonds is 5. The van der Waals surface area contributed by atoms with Crippen LogP contribution in [0, 0.1) is 0 Å². The third-order valence-corrected chi connectivity index (χ3v) is 5.09. The van der Waals surface area contributed by atoms with Gasteiger partial charge in [-0.05, 0) is 37.2 Å². The van der Waals surface area contributed by atoms with E-state index in [-0.39, 0.29) is 0 Å². The summed E-state index contributed by atoms with van der Waals surface area (Å²) in [6, 6.07) is 7.26. The Morgan fingerprint density at radius 1 is 1.33 bits per heavy atom. The molecular weight excluding hydrogens is 284 g/mol. The summed E-state index contributed by atoms with van der Waals surface area (Å²) in [4.78, 5) is 2.33. The minimum Gasteiger partial charge on any atom is -0.491 e. The fourth-order valence-corrected chi connectivity index (χ4v) is 3.49. The molecule has 0 spiro atoms. The molecule has 1 aromatic carbocycles. The molecule has 0 radical (unpaired) electrons. The van der Waals surface area contributed by atoms with Crippen LogP contribution in [-0.4, -0.2) is 52.9 Å². The van der Waals surface area contributed by atoms with Crippen LogP contribution in [-0.2, 0) is 0 Å². The molecule has 1 aliphatic heterocycles. The van der Waals surface area contributed by atoms with Crippen molar-refractivity contribution in [2.45, 2.75) is 31.1 Å². The molecular formula is C16H26N2O2S. The van der Waals surface area contributed by atoms with Crippen molar-refractivity contribution >= 4 is 17.4 Å². The highest BCUT2D eigenvalue weighted by Gasteiger charge is 2.24. The molecule has 1 unspecified atom stereocenters. The van der Waals surface area contributed by atoms with E-state index in [0.29, 0.717) is 23.6 Å². The minimum absolute atomic E-state index is 0.316. The Balaban J connectivity index is 1.74. The first-order chi connectivity index (χ1) is 9.94. The summed E-state index contributed by atoms with van der Waals surface area (Å²) in [5.41, 5.74) is 6.34. The standard InChI is InChI=1S/C16H26N2O2S/c1-16(2)7-8-18(9-10-21-16)11-14(19)12-20-15-5-3-13(17)4-6-15/h3-6,14,19H,7-12,17H2,1-2H3. The van der Waals surface area contributed by atoms with Crippen molar-refractivity contribution in [1.29, 1.82) is 0 Å². The molecule has 1 fully saturated rings. The molecule has 3 N–H and O–H groups in total. The van der Waals surface area contributed by atoms with Crippen LogP contribution in [0.5, 0.6) is 5.75 Å². The smallest absolute Gasteiger partial charge is 0.119 e. The molecule has 0 aromatic heterocycles. The van der Waals surface area contributed by atoms with Gasteiger partial charge in [-0.15, -0.1) is 0 Å². The van der Waals surface area contributed by atoms with E-state index in [9.17, 15) is 5.11 Å². The summed E-state index contributed by atoms with van der Waals surface area (Å²) in [5.74, 6) is 1.87. The molecule has 1 aliphatic rings. The molecule has 118 valence electrons. The molecule has 1 heterocycles. The number of aliphatic hydroxyl groups is 1. The number of ether oxygens (including phenoxy) is 1. The van der Waals surface area contributed by atoms with Gasteiger partial charge >= 0.3 is 0 Å². The number of benzene rings is 1. The van der Waals surface area contributed by atoms with E-state index in [2.05, 4.69) is 18.7 Å². The highest BCUT2D eigenvalue weighted by atomic mass is 32.2. The lowest BCUT2D eigenvalue weighted by molar-refractivity contribution is 0.0699. The van der Waals surface area contributed by atoms with Crippen LogP contribution in [0.25, 0.3) is 0 Å². The van der Waals surface area contributed by atoms with E-state index in [4.69, 9.17) is 10.5 Å². The highest BCUT2D eigenvalue weighted by molar-refractivity contribution is 8.00. The summed E-state index contributed by atoms with van der Waals surface area (Å²) >= 11 is 2.02. The van der Waals surface area contributed by atoms with Crippen LogP contribution in [0.15, 0.2) is 24.3 Å². The summed E-state index contributed by atoms with van der Waals surface area (Å²) in [7, 11) is 0. The third-order valence-electron chi connectivity index (χ3n) is 3.72. The van der Waals surface area contributed by atoms with Crippen LogP contribution >= 0.6 is 11.8 Å². The Bertz CT molecular complexity index is 436. The molecule has 5 heteroatoms. The molecule has 0 amide bonds. The average molecular weight is 310 g/mol. The second-order valence-electron chi connectivity index (χ2n) is 6.19. The minimum atomic E-state index is -0.464. The van der Waals surface area contributed by atoms with Crippen LogP contribution < -0.4 is 10.5 Å². The predicted octanol–water partition coefficient (Wildman–Crippen LogP) is 2.23. The van der Waals surface area contributed by atoms with Gasteiger partial charge in [0, 0.05) is 29.3 Å². The van der Waals surface area contributed by atoms with E-state index >= 15 is 0 Å². The molecule has 4 nitrogen and oxygen atoms in total. The van der Waals surface area contributed by atoms with E-state index in [0.717, 1.165) is 31.0 Å². The zero-order valence-corrected chi connectivity index (χ0v) is 13.7. The maximum atomic E-state index is 10.1. The van der Waals surface area contributed by atoms with Crippen LogP contribution in [0.3, 0.4) is 0 Å². The van der Waals surface area contributed by atoms with Crippen molar-refractivity contribution in [1.82, 2.24) is 4.90 Å². The SMILES string of the molecule is CC1(C)CCN(CC(O)COc2ccc(N)cc2)CCS1. The van der Waals surface area contributed by atoms with Crippen molar-refractivity contribution in [3.8, 4) is 5.75 Å². The van der Waals surface area contributed by atoms with E-state index < -0.39 is 6.10 Å². The number of aliphatic hydroxyl groups excluding tert-OH is 1. The van der Waals surface area contributed by atoms with Gasteiger partial charge in [-0.25, -0.2) is 0 Å². The van der Waals surface area contributed by atoms with Crippen molar-refractivity contribution in [2.75, 3.05) is 37.7 Å². The summed E-state index contributed by atoms with van der Waals surface area (Å²) < 4.78 is 5.95. The maximum Gasteiger partial charge on any atom is 0.119 e. The largest absolute Gasteiger partial charge is 0.491 e. The van der Waals surface area contributed by atoms with Gasteiger partial charge in [0.25, 0.3) is 0 Å². The quantitative estimate of drug-likeness (QED) is 0.817. The number of thioether (sulfide) groups is 1. The number of nitrogen functional groups attached to an aromatic ring is 1. The van der Waals surface area contributed by atoms with Gasteiger partial charge in [0.2, 0.25) is 0 Å². The second-order valence-corrected chi connectivity index (χ2v) is 7.99. The third kappa shape index (κ3) is 5.77. The van der Waals surface area contributed by atoms with Crippen LogP contribution in [0.2, 0.25) is 0 Å². The fraction of sp³-hybridized carbons (Fsp3) is 0.625. The molecule has 1 saturated heterocycles. The Hall–Kier alpha value is -0.910. The molecule has 0 bridgehead atoms. The van der Waals surface area contributed by atoms with Crippen molar-refractivity contribution in [3.05, 3.63) is 24.3 Å². The summed E-state index contributed by atoms with van der Waals surface area (Å²) in [6.45, 7) is 7.65. The van der Waals surface area contributed by atoms with Crippen LogP contribution in [0.4, 0.5) is 5.69 Å². The van der Waals surface area contributed by atoms with Crippen molar-refractivity contribution in [3.63, 3.8) is 0 Å². The molecule has 0 saturated carbocycles. The van der Waals surface area contributed by atoms with Gasteiger partial charge in [0.15, 0.2) is 0 Å². The lowest BCUT2D eigenvalue weighted by atomic mass is 10.1. The molecule has 1 atom stereocenters. The van der Waals surface area contributed by atoms with E-state index in [1.165, 1.54) is 0 Å². The zero-order valence-electron chi connectivity index (χ0n) is 12.9. The fourth-order valence-electron chi connectivity index (χ4n) is 2.35. The lowest BCUT2D eigenvalue weighted by Crippen LogP contribution is -2.37. The highest BCUT2D eigenvalue weighted by Crippen LogP contribution is 2.30. The molecule has 2 rings (SSSR count). The Labute approximate surface area is 131 Å². The predicted molar refractivity (Wildman–Crippen MR) is 90.0 cm³/mol. The number of nitrogens with zero attached hydrogens (tertiary/aromatic N) is 1. The van der Waals surface area contributed by atoms with Crippen molar-refractivity contribution < 1.29 is 9.84 Å². The Morgan fingerprint density at radius 3 is 2.76 bits per heavy atom. The number of hydrogen-bond acceptors (Lipinski definition) is 5. The average Bonchev–Trinajstić information content (AvgIpc) is 2.60. The van der Waals surface area contributed by atoms with Gasteiger partial charge < -0.3 is 15.6 Å². The number of anilines is 1. The van der Waals surface area contributed by atoms with E-state index in [1.807, 2.05) is 23.9 Å². The van der Waals surface area contributed by atoms with Gasteiger partial charge in [0.1, 0.15) is 18.5 Å². The Kier molecular flexibility index (Phi) is 5.79. The first kappa shape index (κ1) is 16.5. The topological polar surface area (TPSA) is 58.7 Å². The number of hydrogen-bond donors (Lipinski definition) is 2. The second kappa shape index (κ2) is 7.38. The normalized spacial score (nSPS) is 20.7. The number of β-amino-alcohol motifs (C(OH)–C–C–N with tert-alkyl or cyclic N) is 1. The van der Waals surface area contributed by atoms with Gasteiger partial charge in [-0.2, -0.15) is 11.8 Å². The van der Waals surface area contributed by atoms with Gasteiger partial charge in [-0.1, -0.05) is 13.8 Å². The number of nitrogens with two attached hydrogens (primary N) is 1. The summed E-state index contributed by atoms with van der Waals surface area (Å²) in [6.07, 6.45) is 0.692. The molecule has 1 aromatic rings. The Morgan fingerprint density at radius 2 is 2.05 bits per heavy atom. The van der Waals surface area contributed by atoms with Gasteiger partial charge in [0.05, 0.1) is 0 Å². The lowest BCUT2D eigenvalue weighted by Gasteiger charge is -2.24. The van der Waals surface area contributed by atoms with Gasteiger partial charge in [-0.3, -0.25) is 4.90 Å². The zero-order chi connectivity index (χ0) is 15.3. The van der Waals surface area contributed by atoms with Crippen LogP contribution in [0.1, 0.15) is 20.3 Å². The molecule has 0 aliphatic carbocycles. The van der Waals surface area contributed by atoms with E-state index in [1.54, 1.807) is 12.1 Å². The first-order valence-corrected chi connectivity index (χ1v) is 8.46.